The Labute approximate surface area is 124 Å². The zero-order chi connectivity index (χ0) is 13.5. The van der Waals surface area contributed by atoms with Crippen LogP contribution in [0.15, 0.2) is 16.6 Å². The van der Waals surface area contributed by atoms with Crippen molar-refractivity contribution in [3.63, 3.8) is 0 Å². The predicted octanol–water partition coefficient (Wildman–Crippen LogP) is 3.80. The molecule has 1 aromatic carbocycles. The molecule has 1 aliphatic heterocycles. The molecule has 0 unspecified atom stereocenters. The van der Waals surface area contributed by atoms with Gasteiger partial charge in [-0.25, -0.2) is 0 Å². The van der Waals surface area contributed by atoms with Crippen LogP contribution in [-0.4, -0.2) is 19.2 Å². The van der Waals surface area contributed by atoms with E-state index in [-0.39, 0.29) is 5.41 Å². The molecule has 0 atom stereocenters. The summed E-state index contributed by atoms with van der Waals surface area (Å²) in [4.78, 5) is 0. The fourth-order valence-electron chi connectivity index (χ4n) is 2.78. The average Bonchev–Trinajstić information content (AvgIpc) is 3.04. The highest BCUT2D eigenvalue weighted by molar-refractivity contribution is 9.10. The first kappa shape index (κ1) is 13.4. The van der Waals surface area contributed by atoms with Gasteiger partial charge in [-0.05, 0) is 48.9 Å². The van der Waals surface area contributed by atoms with Crippen LogP contribution in [-0.2, 0) is 11.8 Å². The topological polar surface area (TPSA) is 21.3 Å². The Morgan fingerprint density at radius 2 is 2.16 bits per heavy atom. The summed E-state index contributed by atoms with van der Waals surface area (Å²) in [7, 11) is 0. The summed E-state index contributed by atoms with van der Waals surface area (Å²) in [6.45, 7) is 6.57. The van der Waals surface area contributed by atoms with Crippen LogP contribution in [0.3, 0.4) is 0 Å². The van der Waals surface area contributed by atoms with E-state index in [2.05, 4.69) is 47.2 Å². The maximum absolute atomic E-state index is 5.87. The van der Waals surface area contributed by atoms with E-state index in [9.17, 15) is 0 Å². The monoisotopic (exact) mass is 323 g/mol. The van der Waals surface area contributed by atoms with Gasteiger partial charge in [0, 0.05) is 22.5 Å². The van der Waals surface area contributed by atoms with E-state index in [0.717, 1.165) is 37.8 Å². The Bertz CT molecular complexity index is 480. The molecule has 0 aromatic heterocycles. The van der Waals surface area contributed by atoms with Crippen LogP contribution in [0.5, 0.6) is 5.75 Å². The molecule has 1 aromatic rings. The number of nitrogens with one attached hydrogen (secondary N) is 1. The van der Waals surface area contributed by atoms with Crippen LogP contribution in [0.2, 0.25) is 0 Å². The van der Waals surface area contributed by atoms with Crippen molar-refractivity contribution in [2.24, 2.45) is 0 Å². The highest BCUT2D eigenvalue weighted by atomic mass is 79.9. The number of fused-ring (bicyclic) bond motifs is 1. The van der Waals surface area contributed by atoms with Crippen molar-refractivity contribution in [2.75, 3.05) is 13.2 Å². The van der Waals surface area contributed by atoms with Crippen LogP contribution < -0.4 is 10.1 Å². The molecular weight excluding hydrogens is 302 g/mol. The zero-order valence-electron chi connectivity index (χ0n) is 11.8. The molecule has 0 amide bonds. The smallest absolute Gasteiger partial charge is 0.126 e. The van der Waals surface area contributed by atoms with Crippen molar-refractivity contribution in [3.05, 3.63) is 27.7 Å². The molecule has 19 heavy (non-hydrogen) atoms. The maximum atomic E-state index is 5.87. The van der Waals surface area contributed by atoms with Crippen molar-refractivity contribution in [2.45, 2.75) is 51.0 Å². The molecule has 1 fully saturated rings. The number of halogens is 1. The zero-order valence-corrected chi connectivity index (χ0v) is 13.3. The van der Waals surface area contributed by atoms with Crippen LogP contribution in [0, 0.1) is 0 Å². The summed E-state index contributed by atoms with van der Waals surface area (Å²) in [6, 6.07) is 5.23. The second-order valence-corrected chi connectivity index (χ2v) is 7.32. The average molecular weight is 324 g/mol. The van der Waals surface area contributed by atoms with E-state index in [0.29, 0.717) is 0 Å². The first-order valence-electron chi connectivity index (χ1n) is 7.25. The lowest BCUT2D eigenvalue weighted by Gasteiger charge is -2.27. The minimum Gasteiger partial charge on any atom is -0.493 e. The van der Waals surface area contributed by atoms with Crippen molar-refractivity contribution in [3.8, 4) is 5.75 Å². The van der Waals surface area contributed by atoms with Crippen molar-refractivity contribution < 1.29 is 4.74 Å². The van der Waals surface area contributed by atoms with Gasteiger partial charge in [-0.15, -0.1) is 0 Å². The van der Waals surface area contributed by atoms with Crippen LogP contribution in [0.25, 0.3) is 0 Å². The molecule has 104 valence electrons. The third-order valence-electron chi connectivity index (χ3n) is 4.24. The first-order valence-corrected chi connectivity index (χ1v) is 8.05. The number of hydrogen-bond donors (Lipinski definition) is 1. The summed E-state index contributed by atoms with van der Waals surface area (Å²) < 4.78 is 7.05. The first-order chi connectivity index (χ1) is 9.06. The van der Waals surface area contributed by atoms with Gasteiger partial charge >= 0.3 is 0 Å². The number of benzene rings is 1. The van der Waals surface area contributed by atoms with E-state index >= 15 is 0 Å². The maximum Gasteiger partial charge on any atom is 0.126 e. The summed E-state index contributed by atoms with van der Waals surface area (Å²) in [5, 5.41) is 3.61. The van der Waals surface area contributed by atoms with E-state index in [1.54, 1.807) is 0 Å². The largest absolute Gasteiger partial charge is 0.493 e. The number of rotatable bonds is 5. The lowest BCUT2D eigenvalue weighted by Crippen LogP contribution is -2.27. The third kappa shape index (κ3) is 2.97. The number of hydrogen-bond acceptors (Lipinski definition) is 2. The van der Waals surface area contributed by atoms with Crippen molar-refractivity contribution >= 4 is 15.9 Å². The molecule has 0 bridgehead atoms. The van der Waals surface area contributed by atoms with E-state index in [1.165, 1.54) is 28.4 Å². The SMILES string of the molecule is CC(C)(CCNC1CC1)c1cc(Br)cc2c1OCC2. The van der Waals surface area contributed by atoms with Gasteiger partial charge in [-0.2, -0.15) is 0 Å². The molecule has 1 heterocycles. The predicted molar refractivity (Wildman–Crippen MR) is 82.0 cm³/mol. The second kappa shape index (κ2) is 5.10. The minimum atomic E-state index is 0.153. The Balaban J connectivity index is 1.78. The molecule has 1 aliphatic carbocycles. The van der Waals surface area contributed by atoms with Crippen molar-refractivity contribution in [1.82, 2.24) is 5.32 Å². The Hall–Kier alpha value is -0.540. The van der Waals surface area contributed by atoms with E-state index in [1.807, 2.05) is 0 Å². The molecule has 3 heteroatoms. The van der Waals surface area contributed by atoms with Gasteiger partial charge in [0.15, 0.2) is 0 Å². The normalized spacial score (nSPS) is 18.3. The molecule has 1 N–H and O–H groups in total. The number of ether oxygens (including phenoxy) is 1. The van der Waals surface area contributed by atoms with Gasteiger partial charge in [0.1, 0.15) is 5.75 Å². The highest BCUT2D eigenvalue weighted by Crippen LogP contribution is 2.41. The third-order valence-corrected chi connectivity index (χ3v) is 4.70. The Morgan fingerprint density at radius 1 is 1.37 bits per heavy atom. The lowest BCUT2D eigenvalue weighted by molar-refractivity contribution is 0.340. The van der Waals surface area contributed by atoms with Gasteiger partial charge in [0.2, 0.25) is 0 Å². The Morgan fingerprint density at radius 3 is 2.89 bits per heavy atom. The summed E-state index contributed by atoms with van der Waals surface area (Å²) in [5.74, 6) is 1.14. The van der Waals surface area contributed by atoms with E-state index in [4.69, 9.17) is 4.74 Å². The summed E-state index contributed by atoms with van der Waals surface area (Å²) in [5.41, 5.74) is 2.86. The van der Waals surface area contributed by atoms with Gasteiger partial charge < -0.3 is 10.1 Å². The lowest BCUT2D eigenvalue weighted by atomic mass is 9.80. The summed E-state index contributed by atoms with van der Waals surface area (Å²) in [6.07, 6.45) is 4.90. The molecule has 0 spiro atoms. The summed E-state index contributed by atoms with van der Waals surface area (Å²) >= 11 is 3.64. The molecule has 2 aliphatic rings. The molecule has 1 saturated carbocycles. The standard InChI is InChI=1S/C16H22BrNO/c1-16(2,6-7-18-13-3-4-13)14-10-12(17)9-11-5-8-19-15(11)14/h9-10,13,18H,3-8H2,1-2H3. The molecule has 0 radical (unpaired) electrons. The fourth-order valence-corrected chi connectivity index (χ4v) is 3.29. The molecule has 0 saturated heterocycles. The van der Waals surface area contributed by atoms with Crippen molar-refractivity contribution in [1.29, 1.82) is 0 Å². The molecular formula is C16H22BrNO. The molecule has 2 nitrogen and oxygen atoms in total. The van der Waals surface area contributed by atoms with Gasteiger partial charge in [0.25, 0.3) is 0 Å². The van der Waals surface area contributed by atoms with Gasteiger partial charge in [-0.1, -0.05) is 29.8 Å². The minimum absolute atomic E-state index is 0.153. The second-order valence-electron chi connectivity index (χ2n) is 6.40. The van der Waals surface area contributed by atoms with Gasteiger partial charge in [-0.3, -0.25) is 0 Å². The fraction of sp³-hybridized carbons (Fsp3) is 0.625. The Kier molecular flexibility index (Phi) is 3.61. The molecule has 3 rings (SSSR count). The highest BCUT2D eigenvalue weighted by Gasteiger charge is 2.29. The van der Waals surface area contributed by atoms with Crippen LogP contribution in [0.4, 0.5) is 0 Å². The van der Waals surface area contributed by atoms with Crippen LogP contribution in [0.1, 0.15) is 44.2 Å². The van der Waals surface area contributed by atoms with Crippen LogP contribution >= 0.6 is 15.9 Å². The quantitative estimate of drug-likeness (QED) is 0.889. The van der Waals surface area contributed by atoms with E-state index < -0.39 is 0 Å². The van der Waals surface area contributed by atoms with Gasteiger partial charge in [0.05, 0.1) is 6.61 Å².